The average Bonchev–Trinajstić information content (AvgIpc) is 2.48. The van der Waals surface area contributed by atoms with E-state index < -0.39 is 0 Å². The molecule has 4 heteroatoms. The lowest BCUT2D eigenvalue weighted by Crippen LogP contribution is -2.53. The number of halogens is 1. The van der Waals surface area contributed by atoms with Crippen molar-refractivity contribution in [2.45, 2.75) is 33.4 Å². The lowest BCUT2D eigenvalue weighted by Gasteiger charge is -2.40. The second kappa shape index (κ2) is 8.04. The van der Waals surface area contributed by atoms with Crippen LogP contribution in [0.2, 0.25) is 0 Å². The number of likely N-dealkylation sites (N-methyl/N-ethyl adjacent to an activating group) is 1. The minimum atomic E-state index is -0.124. The molecule has 1 saturated heterocycles. The Kier molecular flexibility index (Phi) is 6.36. The molecule has 1 atom stereocenters. The predicted octanol–water partition coefficient (Wildman–Crippen LogP) is 2.50. The van der Waals surface area contributed by atoms with E-state index in [0.29, 0.717) is 12.0 Å². The van der Waals surface area contributed by atoms with Gasteiger partial charge in [0.1, 0.15) is 5.82 Å². The summed E-state index contributed by atoms with van der Waals surface area (Å²) in [7, 11) is 2.19. The standard InChI is InChI=1S/C18H30FN3/c1-14(2)18(22-9-7-21(4)8-10-22)13-20-12-16-5-6-17(19)15(3)11-16/h5-6,11,14,18,20H,7-10,12-13H2,1-4H3. The third-order valence-corrected chi connectivity index (χ3v) is 4.68. The van der Waals surface area contributed by atoms with E-state index in [4.69, 9.17) is 0 Å². The van der Waals surface area contributed by atoms with Crippen molar-refractivity contribution in [3.8, 4) is 0 Å². The smallest absolute Gasteiger partial charge is 0.126 e. The Balaban J connectivity index is 1.85. The van der Waals surface area contributed by atoms with E-state index in [0.717, 1.165) is 50.4 Å². The molecule has 124 valence electrons. The Hall–Kier alpha value is -0.970. The predicted molar refractivity (Wildman–Crippen MR) is 90.5 cm³/mol. The first-order chi connectivity index (χ1) is 10.5. The highest BCUT2D eigenvalue weighted by Crippen LogP contribution is 2.14. The Morgan fingerprint density at radius 2 is 1.86 bits per heavy atom. The molecule has 22 heavy (non-hydrogen) atoms. The molecule has 1 unspecified atom stereocenters. The summed E-state index contributed by atoms with van der Waals surface area (Å²) in [6.45, 7) is 12.8. The zero-order valence-corrected chi connectivity index (χ0v) is 14.4. The van der Waals surface area contributed by atoms with Gasteiger partial charge < -0.3 is 10.2 Å². The first kappa shape index (κ1) is 17.4. The van der Waals surface area contributed by atoms with E-state index in [1.165, 1.54) is 0 Å². The fourth-order valence-electron chi connectivity index (χ4n) is 3.12. The normalized spacial score (nSPS) is 18.8. The lowest BCUT2D eigenvalue weighted by atomic mass is 10.0. The third-order valence-electron chi connectivity index (χ3n) is 4.68. The second-order valence-electron chi connectivity index (χ2n) is 6.87. The highest BCUT2D eigenvalue weighted by Gasteiger charge is 2.24. The SMILES string of the molecule is Cc1cc(CNCC(C(C)C)N2CCN(C)CC2)ccc1F. The number of hydrogen-bond donors (Lipinski definition) is 1. The van der Waals surface area contributed by atoms with Crippen LogP contribution in [0.3, 0.4) is 0 Å². The fraction of sp³-hybridized carbons (Fsp3) is 0.667. The van der Waals surface area contributed by atoms with Crippen molar-refractivity contribution >= 4 is 0 Å². The van der Waals surface area contributed by atoms with Crippen LogP contribution in [0.15, 0.2) is 18.2 Å². The molecule has 0 aromatic heterocycles. The Morgan fingerprint density at radius 1 is 1.18 bits per heavy atom. The number of nitrogens with zero attached hydrogens (tertiary/aromatic N) is 2. The molecule has 1 aromatic rings. The monoisotopic (exact) mass is 307 g/mol. The van der Waals surface area contributed by atoms with Gasteiger partial charge in [0.2, 0.25) is 0 Å². The number of benzene rings is 1. The summed E-state index contributed by atoms with van der Waals surface area (Å²) >= 11 is 0. The minimum Gasteiger partial charge on any atom is -0.311 e. The Bertz CT molecular complexity index is 467. The van der Waals surface area contributed by atoms with Crippen molar-refractivity contribution in [2.24, 2.45) is 5.92 Å². The van der Waals surface area contributed by atoms with Gasteiger partial charge in [0.15, 0.2) is 0 Å². The summed E-state index contributed by atoms with van der Waals surface area (Å²) in [6.07, 6.45) is 0. The highest BCUT2D eigenvalue weighted by molar-refractivity contribution is 5.23. The van der Waals surface area contributed by atoms with Gasteiger partial charge >= 0.3 is 0 Å². The number of piperazine rings is 1. The molecule has 1 aromatic carbocycles. The molecule has 1 heterocycles. The molecule has 0 amide bonds. The molecule has 3 nitrogen and oxygen atoms in total. The van der Waals surface area contributed by atoms with Crippen LogP contribution in [0, 0.1) is 18.7 Å². The van der Waals surface area contributed by atoms with Gasteiger partial charge in [0, 0.05) is 45.3 Å². The van der Waals surface area contributed by atoms with Crippen molar-refractivity contribution in [3.05, 3.63) is 35.1 Å². The summed E-state index contributed by atoms with van der Waals surface area (Å²) in [5, 5.41) is 3.56. The van der Waals surface area contributed by atoms with Crippen molar-refractivity contribution < 1.29 is 4.39 Å². The summed E-state index contributed by atoms with van der Waals surface area (Å²) < 4.78 is 13.3. The van der Waals surface area contributed by atoms with E-state index in [-0.39, 0.29) is 5.82 Å². The van der Waals surface area contributed by atoms with Crippen LogP contribution in [-0.4, -0.2) is 55.6 Å². The van der Waals surface area contributed by atoms with Gasteiger partial charge in [-0.3, -0.25) is 4.90 Å². The van der Waals surface area contributed by atoms with Crippen molar-refractivity contribution in [3.63, 3.8) is 0 Å². The number of aryl methyl sites for hydroxylation is 1. The lowest BCUT2D eigenvalue weighted by molar-refractivity contribution is 0.0875. The maximum absolute atomic E-state index is 13.3. The quantitative estimate of drug-likeness (QED) is 0.871. The molecular weight excluding hydrogens is 277 g/mol. The molecule has 1 N–H and O–H groups in total. The van der Waals surface area contributed by atoms with Gasteiger partial charge in [-0.05, 0) is 37.1 Å². The van der Waals surface area contributed by atoms with Crippen LogP contribution in [0.1, 0.15) is 25.0 Å². The van der Waals surface area contributed by atoms with Crippen LogP contribution in [0.25, 0.3) is 0 Å². The average molecular weight is 307 g/mol. The molecule has 0 spiro atoms. The molecule has 1 aliphatic heterocycles. The van der Waals surface area contributed by atoms with E-state index in [2.05, 4.69) is 36.0 Å². The largest absolute Gasteiger partial charge is 0.311 e. The van der Waals surface area contributed by atoms with Crippen LogP contribution < -0.4 is 5.32 Å². The third kappa shape index (κ3) is 4.77. The van der Waals surface area contributed by atoms with Gasteiger partial charge in [-0.25, -0.2) is 4.39 Å². The number of nitrogens with one attached hydrogen (secondary N) is 1. The molecule has 1 fully saturated rings. The van der Waals surface area contributed by atoms with Crippen LogP contribution in [0.4, 0.5) is 4.39 Å². The van der Waals surface area contributed by atoms with E-state index in [9.17, 15) is 4.39 Å². The van der Waals surface area contributed by atoms with E-state index in [1.54, 1.807) is 6.07 Å². The maximum Gasteiger partial charge on any atom is 0.126 e. The van der Waals surface area contributed by atoms with Crippen molar-refractivity contribution in [2.75, 3.05) is 39.8 Å². The molecular formula is C18H30FN3. The first-order valence-electron chi connectivity index (χ1n) is 8.35. The van der Waals surface area contributed by atoms with Crippen LogP contribution in [0.5, 0.6) is 0 Å². The summed E-state index contributed by atoms with van der Waals surface area (Å²) in [6, 6.07) is 5.93. The molecule has 2 rings (SSSR count). The minimum absolute atomic E-state index is 0.124. The summed E-state index contributed by atoms with van der Waals surface area (Å²) in [4.78, 5) is 5.00. The number of hydrogen-bond acceptors (Lipinski definition) is 3. The molecule has 1 aliphatic rings. The summed E-state index contributed by atoms with van der Waals surface area (Å²) in [5.41, 5.74) is 1.87. The van der Waals surface area contributed by atoms with Gasteiger partial charge in [-0.15, -0.1) is 0 Å². The van der Waals surface area contributed by atoms with Crippen molar-refractivity contribution in [1.29, 1.82) is 0 Å². The van der Waals surface area contributed by atoms with Crippen LogP contribution in [-0.2, 0) is 6.54 Å². The maximum atomic E-state index is 13.3. The summed E-state index contributed by atoms with van der Waals surface area (Å²) in [5.74, 6) is 0.507. The van der Waals surface area contributed by atoms with E-state index >= 15 is 0 Å². The van der Waals surface area contributed by atoms with Gasteiger partial charge in [0.25, 0.3) is 0 Å². The topological polar surface area (TPSA) is 18.5 Å². The van der Waals surface area contributed by atoms with Crippen molar-refractivity contribution in [1.82, 2.24) is 15.1 Å². The molecule has 0 radical (unpaired) electrons. The molecule has 0 bridgehead atoms. The zero-order chi connectivity index (χ0) is 16.1. The molecule has 0 aliphatic carbocycles. The Morgan fingerprint density at radius 3 is 2.45 bits per heavy atom. The number of rotatable bonds is 6. The van der Waals surface area contributed by atoms with E-state index in [1.807, 2.05) is 19.1 Å². The second-order valence-corrected chi connectivity index (χ2v) is 6.87. The van der Waals surface area contributed by atoms with Crippen LogP contribution >= 0.6 is 0 Å². The van der Waals surface area contributed by atoms with Gasteiger partial charge in [-0.1, -0.05) is 26.0 Å². The zero-order valence-electron chi connectivity index (χ0n) is 14.4. The molecule has 0 saturated carbocycles. The first-order valence-corrected chi connectivity index (χ1v) is 8.35. The fourth-order valence-corrected chi connectivity index (χ4v) is 3.12. The van der Waals surface area contributed by atoms with Gasteiger partial charge in [-0.2, -0.15) is 0 Å². The van der Waals surface area contributed by atoms with Gasteiger partial charge in [0.05, 0.1) is 0 Å². The highest BCUT2D eigenvalue weighted by atomic mass is 19.1. The Labute approximate surface area is 134 Å².